The summed E-state index contributed by atoms with van der Waals surface area (Å²) < 4.78 is 31.9. The maximum atomic E-state index is 13.0. The molecule has 0 aliphatic carbocycles. The molecular weight excluding hydrogens is 360 g/mol. The fourth-order valence-electron chi connectivity index (χ4n) is 2.70. The zero-order valence-electron chi connectivity index (χ0n) is 16.2. The molecule has 6 heteroatoms. The Balaban J connectivity index is 2.09. The zero-order valence-corrected chi connectivity index (χ0v) is 17.0. The van der Waals surface area contributed by atoms with Crippen molar-refractivity contribution in [1.29, 1.82) is 0 Å². The van der Waals surface area contributed by atoms with Gasteiger partial charge >= 0.3 is 0 Å². The summed E-state index contributed by atoms with van der Waals surface area (Å²) in [6.45, 7) is 6.42. The van der Waals surface area contributed by atoms with Crippen LogP contribution >= 0.6 is 0 Å². The Kier molecular flexibility index (Phi) is 4.86. The molecule has 5 nitrogen and oxygen atoms in total. The van der Waals surface area contributed by atoms with Gasteiger partial charge in [-0.1, -0.05) is 51.1 Å². The monoisotopic (exact) mass is 384 g/mol. The normalized spacial score (nSPS) is 12.2. The minimum Gasteiger partial charge on any atom is -0.419 e. The molecule has 0 aliphatic heterocycles. The third-order valence-electron chi connectivity index (χ3n) is 4.29. The number of oxazole rings is 1. The highest BCUT2D eigenvalue weighted by Crippen LogP contribution is 2.34. The van der Waals surface area contributed by atoms with Crippen LogP contribution in [0.4, 0.5) is 5.88 Å². The summed E-state index contributed by atoms with van der Waals surface area (Å²) in [5.41, 5.74) is 1.95. The largest absolute Gasteiger partial charge is 0.419 e. The number of benzene rings is 2. The Morgan fingerprint density at radius 3 is 2.04 bits per heavy atom. The lowest BCUT2D eigenvalue weighted by Gasteiger charge is -2.18. The molecule has 3 rings (SSSR count). The average molecular weight is 385 g/mol. The van der Waals surface area contributed by atoms with Gasteiger partial charge < -0.3 is 9.32 Å². The Labute approximate surface area is 160 Å². The van der Waals surface area contributed by atoms with Crippen LogP contribution < -0.4 is 4.90 Å². The van der Waals surface area contributed by atoms with Gasteiger partial charge in [0, 0.05) is 19.7 Å². The number of aromatic nitrogens is 1. The predicted molar refractivity (Wildman–Crippen MR) is 107 cm³/mol. The first-order valence-corrected chi connectivity index (χ1v) is 10.2. The molecule has 142 valence electrons. The molecule has 0 radical (unpaired) electrons. The molecule has 0 saturated carbocycles. The molecule has 0 spiro atoms. The molecule has 2 aromatic carbocycles. The van der Waals surface area contributed by atoms with E-state index in [1.807, 2.05) is 24.3 Å². The average Bonchev–Trinajstić information content (AvgIpc) is 3.08. The van der Waals surface area contributed by atoms with Gasteiger partial charge in [0.2, 0.25) is 26.6 Å². The van der Waals surface area contributed by atoms with E-state index in [0.29, 0.717) is 0 Å². The molecule has 3 aromatic rings. The molecule has 0 amide bonds. The van der Waals surface area contributed by atoms with Gasteiger partial charge in [0.25, 0.3) is 0 Å². The van der Waals surface area contributed by atoms with Crippen LogP contribution in [0.3, 0.4) is 0 Å². The number of anilines is 1. The van der Waals surface area contributed by atoms with Crippen molar-refractivity contribution in [3.8, 4) is 11.5 Å². The first-order chi connectivity index (χ1) is 12.6. The van der Waals surface area contributed by atoms with E-state index in [1.54, 1.807) is 49.3 Å². The highest BCUT2D eigenvalue weighted by atomic mass is 32.2. The van der Waals surface area contributed by atoms with Crippen LogP contribution in [0.5, 0.6) is 0 Å². The molecule has 0 aliphatic rings. The van der Waals surface area contributed by atoms with E-state index in [4.69, 9.17) is 4.42 Å². The van der Waals surface area contributed by atoms with Crippen molar-refractivity contribution >= 4 is 15.7 Å². The van der Waals surface area contributed by atoms with Crippen molar-refractivity contribution in [2.45, 2.75) is 36.1 Å². The van der Waals surface area contributed by atoms with Gasteiger partial charge in [0.15, 0.2) is 0 Å². The van der Waals surface area contributed by atoms with Crippen LogP contribution in [0, 0.1) is 0 Å². The smallest absolute Gasteiger partial charge is 0.235 e. The number of rotatable bonds is 4. The second-order valence-corrected chi connectivity index (χ2v) is 9.53. The van der Waals surface area contributed by atoms with E-state index >= 15 is 0 Å². The number of hydrogen-bond acceptors (Lipinski definition) is 5. The van der Waals surface area contributed by atoms with Gasteiger partial charge in [-0.3, -0.25) is 0 Å². The Morgan fingerprint density at radius 2 is 1.52 bits per heavy atom. The summed E-state index contributed by atoms with van der Waals surface area (Å²) >= 11 is 0. The predicted octanol–water partition coefficient (Wildman–Crippen LogP) is 4.54. The fourth-order valence-corrected chi connectivity index (χ4v) is 4.10. The van der Waals surface area contributed by atoms with E-state index < -0.39 is 9.84 Å². The van der Waals surface area contributed by atoms with Gasteiger partial charge in [0.1, 0.15) is 0 Å². The quantitative estimate of drug-likeness (QED) is 0.661. The van der Waals surface area contributed by atoms with Crippen molar-refractivity contribution in [3.05, 3.63) is 60.2 Å². The summed E-state index contributed by atoms with van der Waals surface area (Å²) in [4.78, 5) is 6.16. The first-order valence-electron chi connectivity index (χ1n) is 8.70. The van der Waals surface area contributed by atoms with Crippen molar-refractivity contribution in [2.75, 3.05) is 19.0 Å². The van der Waals surface area contributed by atoms with E-state index in [0.717, 1.165) is 5.56 Å². The summed E-state index contributed by atoms with van der Waals surface area (Å²) in [7, 11) is -0.313. The summed E-state index contributed by atoms with van der Waals surface area (Å²) in [5.74, 6) is 0.502. The van der Waals surface area contributed by atoms with Gasteiger partial charge in [-0.2, -0.15) is 4.98 Å². The van der Waals surface area contributed by atoms with Crippen LogP contribution in [0.15, 0.2) is 68.9 Å². The maximum absolute atomic E-state index is 13.0. The van der Waals surface area contributed by atoms with Crippen LogP contribution in [0.25, 0.3) is 11.5 Å². The van der Waals surface area contributed by atoms with Crippen molar-refractivity contribution in [1.82, 2.24) is 4.98 Å². The van der Waals surface area contributed by atoms with E-state index in [1.165, 1.54) is 5.56 Å². The molecule has 0 unspecified atom stereocenters. The molecule has 0 atom stereocenters. The summed E-state index contributed by atoms with van der Waals surface area (Å²) in [6, 6.07) is 16.1. The summed E-state index contributed by atoms with van der Waals surface area (Å²) in [5, 5.41) is -0.0754. The first kappa shape index (κ1) is 19.2. The molecule has 1 aromatic heterocycles. The Bertz CT molecular complexity index is 1030. The van der Waals surface area contributed by atoms with Crippen LogP contribution in [0.2, 0.25) is 0 Å². The topological polar surface area (TPSA) is 63.4 Å². The fraction of sp³-hybridized carbons (Fsp3) is 0.286. The minimum absolute atomic E-state index is 0.0335. The minimum atomic E-state index is -3.78. The molecule has 0 N–H and O–H groups in total. The SMILES string of the molecule is CN(C)c1oc(-c2ccc(C(C)(C)C)cc2)nc1S(=O)(=O)c1ccccc1. The van der Waals surface area contributed by atoms with E-state index in [-0.39, 0.29) is 27.1 Å². The van der Waals surface area contributed by atoms with Crippen molar-refractivity contribution < 1.29 is 12.8 Å². The van der Waals surface area contributed by atoms with E-state index in [2.05, 4.69) is 25.8 Å². The number of nitrogens with zero attached hydrogens (tertiary/aromatic N) is 2. The molecule has 1 heterocycles. The second-order valence-electron chi connectivity index (χ2n) is 7.67. The maximum Gasteiger partial charge on any atom is 0.235 e. The number of sulfone groups is 1. The van der Waals surface area contributed by atoms with Gasteiger partial charge in [0.05, 0.1) is 4.90 Å². The van der Waals surface area contributed by atoms with E-state index in [9.17, 15) is 8.42 Å². The molecule has 0 fully saturated rings. The lowest BCUT2D eigenvalue weighted by Crippen LogP contribution is -2.13. The van der Waals surface area contributed by atoms with Crippen molar-refractivity contribution in [2.24, 2.45) is 0 Å². The zero-order chi connectivity index (χ0) is 19.8. The van der Waals surface area contributed by atoms with Crippen LogP contribution in [-0.2, 0) is 15.3 Å². The molecular formula is C21H24N2O3S. The van der Waals surface area contributed by atoms with Gasteiger partial charge in [-0.25, -0.2) is 8.42 Å². The lowest BCUT2D eigenvalue weighted by molar-refractivity contribution is 0.563. The lowest BCUT2D eigenvalue weighted by atomic mass is 9.87. The molecule has 0 saturated heterocycles. The third-order valence-corrected chi connectivity index (χ3v) is 5.96. The standard InChI is InChI=1S/C21H24N2O3S/c1-21(2,3)16-13-11-15(12-14-16)18-22-19(20(26-18)23(4)5)27(24,25)17-9-7-6-8-10-17/h6-14H,1-5H3. The Morgan fingerprint density at radius 1 is 0.926 bits per heavy atom. The highest BCUT2D eigenvalue weighted by molar-refractivity contribution is 7.91. The van der Waals surface area contributed by atoms with Gasteiger partial charge in [-0.15, -0.1) is 0 Å². The summed E-state index contributed by atoms with van der Waals surface area (Å²) in [6.07, 6.45) is 0. The second kappa shape index (κ2) is 6.85. The van der Waals surface area contributed by atoms with Crippen molar-refractivity contribution in [3.63, 3.8) is 0 Å². The molecule has 27 heavy (non-hydrogen) atoms. The van der Waals surface area contributed by atoms with Crippen LogP contribution in [-0.4, -0.2) is 27.5 Å². The highest BCUT2D eigenvalue weighted by Gasteiger charge is 2.29. The van der Waals surface area contributed by atoms with Gasteiger partial charge in [-0.05, 0) is 35.2 Å². The Hall–Kier alpha value is -2.60. The third kappa shape index (κ3) is 3.76. The van der Waals surface area contributed by atoms with Crippen LogP contribution in [0.1, 0.15) is 26.3 Å². The molecule has 0 bridgehead atoms. The number of hydrogen-bond donors (Lipinski definition) is 0.